The smallest absolute Gasteiger partial charge is 0.0580 e. The van der Waals surface area contributed by atoms with Gasteiger partial charge in [-0.1, -0.05) is 12.2 Å². The molecule has 10 heavy (non-hydrogen) atoms. The maximum Gasteiger partial charge on any atom is 0.0580 e. The first-order valence-corrected chi connectivity index (χ1v) is 3.52. The maximum atomic E-state index is 4.45. The maximum absolute atomic E-state index is 4.45. The lowest BCUT2D eigenvalue weighted by atomic mass is 10.1. The van der Waals surface area contributed by atoms with Crippen LogP contribution in [0, 0.1) is 0 Å². The average Bonchev–Trinajstić information content (AvgIpc) is 2.12. The van der Waals surface area contributed by atoms with Crippen LogP contribution in [0.5, 0.6) is 0 Å². The summed E-state index contributed by atoms with van der Waals surface area (Å²) in [5, 5.41) is 0. The zero-order valence-corrected chi connectivity index (χ0v) is 6.76. The predicted molar refractivity (Wildman–Crippen MR) is 45.5 cm³/mol. The molecule has 0 saturated carbocycles. The van der Waals surface area contributed by atoms with Crippen molar-refractivity contribution < 1.29 is 0 Å². The van der Waals surface area contributed by atoms with E-state index in [0.29, 0.717) is 0 Å². The van der Waals surface area contributed by atoms with Crippen molar-refractivity contribution in [1.82, 2.24) is 0 Å². The van der Waals surface area contributed by atoms with E-state index in [0.717, 1.165) is 5.71 Å². The second kappa shape index (κ2) is 2.41. The van der Waals surface area contributed by atoms with Crippen molar-refractivity contribution >= 4 is 5.71 Å². The molecular weight excluding hydrogens is 122 g/mol. The largest absolute Gasteiger partial charge is 0.280 e. The third kappa shape index (κ3) is 2.18. The van der Waals surface area contributed by atoms with Crippen LogP contribution in [0.4, 0.5) is 0 Å². The SMILES string of the molecule is CC(C)(C)N=C1C=CC=C1. The van der Waals surface area contributed by atoms with E-state index in [4.69, 9.17) is 0 Å². The van der Waals surface area contributed by atoms with E-state index in [9.17, 15) is 0 Å². The molecule has 1 aliphatic carbocycles. The Morgan fingerprint density at radius 2 is 1.60 bits per heavy atom. The molecule has 54 valence electrons. The molecule has 1 aliphatic rings. The lowest BCUT2D eigenvalue weighted by Gasteiger charge is -2.11. The molecule has 0 amide bonds. The van der Waals surface area contributed by atoms with Crippen LogP contribution >= 0.6 is 0 Å². The summed E-state index contributed by atoms with van der Waals surface area (Å²) in [4.78, 5) is 4.45. The Labute approximate surface area is 62.2 Å². The summed E-state index contributed by atoms with van der Waals surface area (Å²) in [6, 6.07) is 0. The van der Waals surface area contributed by atoms with E-state index in [-0.39, 0.29) is 5.54 Å². The molecule has 0 bridgehead atoms. The second-order valence-electron chi connectivity index (χ2n) is 3.43. The molecular formula is C9H13N. The average molecular weight is 135 g/mol. The first-order valence-electron chi connectivity index (χ1n) is 3.52. The van der Waals surface area contributed by atoms with Gasteiger partial charge >= 0.3 is 0 Å². The van der Waals surface area contributed by atoms with Crippen LogP contribution in [0.25, 0.3) is 0 Å². The third-order valence-corrected chi connectivity index (χ3v) is 1.11. The lowest BCUT2D eigenvalue weighted by Crippen LogP contribution is -2.11. The van der Waals surface area contributed by atoms with E-state index < -0.39 is 0 Å². The van der Waals surface area contributed by atoms with Gasteiger partial charge in [0.1, 0.15) is 0 Å². The Hall–Kier alpha value is -0.850. The predicted octanol–water partition coefficient (Wildman–Crippen LogP) is 2.35. The highest BCUT2D eigenvalue weighted by atomic mass is 14.8. The highest BCUT2D eigenvalue weighted by molar-refractivity contribution is 6.06. The number of allylic oxidation sites excluding steroid dienone is 4. The monoisotopic (exact) mass is 135 g/mol. The van der Waals surface area contributed by atoms with E-state index in [1.165, 1.54) is 0 Å². The van der Waals surface area contributed by atoms with Crippen LogP contribution in [0.3, 0.4) is 0 Å². The van der Waals surface area contributed by atoms with Crippen molar-refractivity contribution in [2.24, 2.45) is 4.99 Å². The summed E-state index contributed by atoms with van der Waals surface area (Å²) in [6.45, 7) is 6.29. The Morgan fingerprint density at radius 3 is 2.00 bits per heavy atom. The summed E-state index contributed by atoms with van der Waals surface area (Å²) >= 11 is 0. The van der Waals surface area contributed by atoms with Gasteiger partial charge in [0.15, 0.2) is 0 Å². The number of nitrogens with zero attached hydrogens (tertiary/aromatic N) is 1. The van der Waals surface area contributed by atoms with Crippen molar-refractivity contribution in [1.29, 1.82) is 0 Å². The highest BCUT2D eigenvalue weighted by Crippen LogP contribution is 2.09. The molecule has 0 fully saturated rings. The van der Waals surface area contributed by atoms with Gasteiger partial charge < -0.3 is 0 Å². The molecule has 0 atom stereocenters. The van der Waals surface area contributed by atoms with Crippen molar-refractivity contribution in [3.05, 3.63) is 24.3 Å². The van der Waals surface area contributed by atoms with Gasteiger partial charge in [0.25, 0.3) is 0 Å². The zero-order valence-electron chi connectivity index (χ0n) is 6.76. The normalized spacial score (nSPS) is 16.5. The zero-order chi connectivity index (χ0) is 7.61. The molecule has 0 aromatic carbocycles. The van der Waals surface area contributed by atoms with Crippen LogP contribution < -0.4 is 0 Å². The molecule has 0 N–H and O–H groups in total. The minimum atomic E-state index is 0.0500. The molecule has 0 aromatic heterocycles. The van der Waals surface area contributed by atoms with Gasteiger partial charge in [-0.05, 0) is 32.9 Å². The second-order valence-corrected chi connectivity index (χ2v) is 3.43. The third-order valence-electron chi connectivity index (χ3n) is 1.11. The minimum Gasteiger partial charge on any atom is -0.280 e. The topological polar surface area (TPSA) is 12.4 Å². The van der Waals surface area contributed by atoms with Crippen LogP contribution in [-0.2, 0) is 0 Å². The van der Waals surface area contributed by atoms with Crippen LogP contribution in [0.1, 0.15) is 20.8 Å². The summed E-state index contributed by atoms with van der Waals surface area (Å²) in [5.74, 6) is 0. The number of hydrogen-bond acceptors (Lipinski definition) is 1. The van der Waals surface area contributed by atoms with E-state index >= 15 is 0 Å². The van der Waals surface area contributed by atoms with E-state index in [1.54, 1.807) is 0 Å². The van der Waals surface area contributed by atoms with Crippen LogP contribution in [0.2, 0.25) is 0 Å². The summed E-state index contributed by atoms with van der Waals surface area (Å²) in [7, 11) is 0. The van der Waals surface area contributed by atoms with Crippen molar-refractivity contribution in [2.45, 2.75) is 26.3 Å². The fourth-order valence-electron chi connectivity index (χ4n) is 0.826. The molecule has 1 rings (SSSR count). The van der Waals surface area contributed by atoms with Crippen molar-refractivity contribution in [3.63, 3.8) is 0 Å². The van der Waals surface area contributed by atoms with Gasteiger partial charge in [-0.25, -0.2) is 0 Å². The van der Waals surface area contributed by atoms with Gasteiger partial charge in [-0.2, -0.15) is 0 Å². The molecule has 0 saturated heterocycles. The van der Waals surface area contributed by atoms with E-state index in [1.807, 2.05) is 24.3 Å². The van der Waals surface area contributed by atoms with Gasteiger partial charge in [-0.3, -0.25) is 4.99 Å². The number of hydrogen-bond donors (Lipinski definition) is 0. The van der Waals surface area contributed by atoms with Gasteiger partial charge in [0, 0.05) is 0 Å². The van der Waals surface area contributed by atoms with E-state index in [2.05, 4.69) is 25.8 Å². The van der Waals surface area contributed by atoms with Crippen molar-refractivity contribution in [3.8, 4) is 0 Å². The molecule has 0 aliphatic heterocycles. The summed E-state index contributed by atoms with van der Waals surface area (Å²) < 4.78 is 0. The number of rotatable bonds is 0. The first-order chi connectivity index (χ1) is 4.58. The first kappa shape index (κ1) is 7.26. The molecule has 1 heteroatoms. The fraction of sp³-hybridized carbons (Fsp3) is 0.444. The molecule has 1 nitrogen and oxygen atoms in total. The molecule has 0 spiro atoms. The summed E-state index contributed by atoms with van der Waals surface area (Å²) in [5.41, 5.74) is 1.13. The van der Waals surface area contributed by atoms with Gasteiger partial charge in [0.2, 0.25) is 0 Å². The van der Waals surface area contributed by atoms with Gasteiger partial charge in [-0.15, -0.1) is 0 Å². The summed E-state index contributed by atoms with van der Waals surface area (Å²) in [6.07, 6.45) is 8.05. The number of aliphatic imine (C=N–C) groups is 1. The standard InChI is InChI=1S/C9H13N/c1-9(2,3)10-8-6-4-5-7-8/h4-7H,1-3H3. The van der Waals surface area contributed by atoms with Gasteiger partial charge in [0.05, 0.1) is 11.3 Å². The van der Waals surface area contributed by atoms with Crippen LogP contribution in [-0.4, -0.2) is 11.3 Å². The molecule has 0 heterocycles. The van der Waals surface area contributed by atoms with Crippen LogP contribution in [0.15, 0.2) is 29.3 Å². The highest BCUT2D eigenvalue weighted by Gasteiger charge is 2.07. The Bertz CT molecular complexity index is 187. The lowest BCUT2D eigenvalue weighted by molar-refractivity contribution is 0.585. The Balaban J connectivity index is 2.73. The molecule has 0 radical (unpaired) electrons. The Kier molecular flexibility index (Phi) is 1.75. The minimum absolute atomic E-state index is 0.0500. The van der Waals surface area contributed by atoms with Crippen molar-refractivity contribution in [2.75, 3.05) is 0 Å². The fourth-order valence-corrected chi connectivity index (χ4v) is 0.826. The molecule has 0 aromatic rings. The Morgan fingerprint density at radius 1 is 1.10 bits per heavy atom. The molecule has 0 unspecified atom stereocenters. The quantitative estimate of drug-likeness (QED) is 0.483.